The van der Waals surface area contributed by atoms with Crippen molar-refractivity contribution in [2.45, 2.75) is 12.8 Å². The molecule has 0 aliphatic carbocycles. The minimum absolute atomic E-state index is 0.0217. The molecule has 2 aromatic carbocycles. The fraction of sp³-hybridized carbons (Fsp3) is 0.211. The molecule has 0 heterocycles. The van der Waals surface area contributed by atoms with Gasteiger partial charge in [0, 0.05) is 20.9 Å². The lowest BCUT2D eigenvalue weighted by Crippen LogP contribution is -1.99. The molecule has 0 spiro atoms. The van der Waals surface area contributed by atoms with Crippen LogP contribution in [-0.4, -0.2) is 17.7 Å². The molecule has 0 N–H and O–H groups in total. The number of ether oxygens (including phenoxy) is 1. The Morgan fingerprint density at radius 2 is 1.78 bits per heavy atom. The largest absolute Gasteiger partial charge is 0.493 e. The van der Waals surface area contributed by atoms with Gasteiger partial charge in [0.05, 0.1) is 6.61 Å². The summed E-state index contributed by atoms with van der Waals surface area (Å²) in [5.41, 5.74) is 1.58. The average molecular weight is 438 g/mol. The number of para-hydroxylation sites is 1. The summed E-state index contributed by atoms with van der Waals surface area (Å²) >= 11 is 6.78. The van der Waals surface area contributed by atoms with E-state index in [2.05, 4.69) is 31.9 Å². The average Bonchev–Trinajstić information content (AvgIpc) is 2.58. The maximum Gasteiger partial charge on any atom is 0.185 e. The first-order valence-corrected chi connectivity index (χ1v) is 9.38. The number of allylic oxidation sites excluding steroid dienone is 1. The van der Waals surface area contributed by atoms with E-state index in [9.17, 15) is 4.79 Å². The molecule has 0 aliphatic heterocycles. The summed E-state index contributed by atoms with van der Waals surface area (Å²) in [6.07, 6.45) is 5.48. The van der Waals surface area contributed by atoms with Crippen LogP contribution in [0.4, 0.5) is 0 Å². The lowest BCUT2D eigenvalue weighted by atomic mass is 10.1. The first-order valence-electron chi connectivity index (χ1n) is 7.46. The van der Waals surface area contributed by atoms with Crippen LogP contribution in [0.15, 0.2) is 59.1 Å². The number of carbonyl (C=O) groups excluding carboxylic acids is 1. The van der Waals surface area contributed by atoms with Crippen molar-refractivity contribution in [2.24, 2.45) is 0 Å². The lowest BCUT2D eigenvalue weighted by Gasteiger charge is -2.08. The van der Waals surface area contributed by atoms with Crippen molar-refractivity contribution in [3.63, 3.8) is 0 Å². The van der Waals surface area contributed by atoms with Crippen LogP contribution in [0.3, 0.4) is 0 Å². The van der Waals surface area contributed by atoms with Gasteiger partial charge in [-0.15, -0.1) is 0 Å². The van der Waals surface area contributed by atoms with E-state index in [0.717, 1.165) is 34.0 Å². The number of halogens is 2. The van der Waals surface area contributed by atoms with Gasteiger partial charge in [-0.1, -0.05) is 50.1 Å². The minimum Gasteiger partial charge on any atom is -0.493 e. The maximum absolute atomic E-state index is 12.2. The van der Waals surface area contributed by atoms with Gasteiger partial charge < -0.3 is 4.74 Å². The van der Waals surface area contributed by atoms with E-state index in [4.69, 9.17) is 4.74 Å². The van der Waals surface area contributed by atoms with Crippen LogP contribution >= 0.6 is 31.9 Å². The third kappa shape index (κ3) is 5.96. The highest BCUT2D eigenvalue weighted by atomic mass is 79.9. The Morgan fingerprint density at radius 3 is 2.52 bits per heavy atom. The second-order valence-corrected chi connectivity index (χ2v) is 6.70. The highest BCUT2D eigenvalue weighted by Gasteiger charge is 2.03. The first kappa shape index (κ1) is 18.0. The molecule has 4 heteroatoms. The third-order valence-corrected chi connectivity index (χ3v) is 4.34. The standard InChI is InChI=1S/C19H18Br2O2/c20-13-3-4-14-23-19-6-2-1-5-16(19)9-12-18(22)15-7-10-17(21)11-8-15/h1-2,5-12H,3-4,13-14H2/b12-9+. The van der Waals surface area contributed by atoms with E-state index in [0.29, 0.717) is 12.2 Å². The van der Waals surface area contributed by atoms with Crippen LogP contribution in [0, 0.1) is 0 Å². The molecular weight excluding hydrogens is 420 g/mol. The first-order chi connectivity index (χ1) is 11.2. The molecule has 23 heavy (non-hydrogen) atoms. The van der Waals surface area contributed by atoms with E-state index >= 15 is 0 Å². The van der Waals surface area contributed by atoms with Crippen LogP contribution in [0.5, 0.6) is 5.75 Å². The minimum atomic E-state index is -0.0217. The van der Waals surface area contributed by atoms with Crippen molar-refractivity contribution in [1.29, 1.82) is 0 Å². The van der Waals surface area contributed by atoms with Crippen LogP contribution in [0.25, 0.3) is 6.08 Å². The SMILES string of the molecule is O=C(/C=C/c1ccccc1OCCCCBr)c1ccc(Br)cc1. The van der Waals surface area contributed by atoms with Crippen molar-refractivity contribution in [3.8, 4) is 5.75 Å². The summed E-state index contributed by atoms with van der Waals surface area (Å²) in [4.78, 5) is 12.2. The number of carbonyl (C=O) groups is 1. The van der Waals surface area contributed by atoms with E-state index in [1.54, 1.807) is 18.2 Å². The third-order valence-electron chi connectivity index (χ3n) is 3.25. The highest BCUT2D eigenvalue weighted by Crippen LogP contribution is 2.20. The molecule has 0 saturated heterocycles. The topological polar surface area (TPSA) is 26.3 Å². The summed E-state index contributed by atoms with van der Waals surface area (Å²) < 4.78 is 6.76. The monoisotopic (exact) mass is 436 g/mol. The lowest BCUT2D eigenvalue weighted by molar-refractivity contribution is 0.104. The fourth-order valence-electron chi connectivity index (χ4n) is 2.00. The zero-order valence-electron chi connectivity index (χ0n) is 12.7. The van der Waals surface area contributed by atoms with Gasteiger partial charge in [-0.05, 0) is 55.3 Å². The molecule has 2 aromatic rings. The van der Waals surface area contributed by atoms with Crippen molar-refractivity contribution in [1.82, 2.24) is 0 Å². The van der Waals surface area contributed by atoms with Gasteiger partial charge in [0.15, 0.2) is 5.78 Å². The zero-order valence-corrected chi connectivity index (χ0v) is 15.8. The smallest absolute Gasteiger partial charge is 0.185 e. The maximum atomic E-state index is 12.2. The summed E-state index contributed by atoms with van der Waals surface area (Å²) in [5.74, 6) is 0.786. The molecule has 0 aliphatic rings. The fourth-order valence-corrected chi connectivity index (χ4v) is 2.67. The van der Waals surface area contributed by atoms with Gasteiger partial charge in [-0.2, -0.15) is 0 Å². The van der Waals surface area contributed by atoms with Gasteiger partial charge in [0.1, 0.15) is 5.75 Å². The number of benzene rings is 2. The zero-order chi connectivity index (χ0) is 16.5. The normalized spacial score (nSPS) is 10.9. The van der Waals surface area contributed by atoms with E-state index in [1.807, 2.05) is 42.5 Å². The Bertz CT molecular complexity index is 663. The van der Waals surface area contributed by atoms with Crippen molar-refractivity contribution in [3.05, 3.63) is 70.2 Å². The second-order valence-electron chi connectivity index (χ2n) is 4.99. The van der Waals surface area contributed by atoms with Gasteiger partial charge in [-0.25, -0.2) is 0 Å². The van der Waals surface area contributed by atoms with Gasteiger partial charge in [0.2, 0.25) is 0 Å². The number of rotatable bonds is 8. The number of alkyl halides is 1. The van der Waals surface area contributed by atoms with Crippen LogP contribution in [0.2, 0.25) is 0 Å². The molecular formula is C19H18Br2O2. The molecule has 0 atom stereocenters. The van der Waals surface area contributed by atoms with E-state index < -0.39 is 0 Å². The van der Waals surface area contributed by atoms with Crippen molar-refractivity contribution >= 4 is 43.7 Å². The summed E-state index contributed by atoms with van der Waals surface area (Å²) in [5, 5.41) is 0.986. The molecule has 0 bridgehead atoms. The van der Waals surface area contributed by atoms with Gasteiger partial charge in [-0.3, -0.25) is 4.79 Å². The van der Waals surface area contributed by atoms with Crippen LogP contribution < -0.4 is 4.74 Å². The Morgan fingerprint density at radius 1 is 1.04 bits per heavy atom. The predicted molar refractivity (Wildman–Crippen MR) is 102 cm³/mol. The molecule has 2 rings (SSSR count). The molecule has 0 unspecified atom stereocenters. The van der Waals surface area contributed by atoms with E-state index in [1.165, 1.54) is 0 Å². The molecule has 120 valence electrons. The molecule has 0 radical (unpaired) electrons. The summed E-state index contributed by atoms with van der Waals surface area (Å²) in [6, 6.07) is 15.1. The molecule has 0 saturated carbocycles. The predicted octanol–water partition coefficient (Wildman–Crippen LogP) is 5.90. The molecule has 0 fully saturated rings. The van der Waals surface area contributed by atoms with Gasteiger partial charge in [0.25, 0.3) is 0 Å². The molecule has 0 aromatic heterocycles. The summed E-state index contributed by atoms with van der Waals surface area (Å²) in [6.45, 7) is 0.678. The Balaban J connectivity index is 2.03. The molecule has 0 amide bonds. The highest BCUT2D eigenvalue weighted by molar-refractivity contribution is 9.10. The Kier molecular flexibility index (Phi) is 7.56. The molecule has 2 nitrogen and oxygen atoms in total. The van der Waals surface area contributed by atoms with Gasteiger partial charge >= 0.3 is 0 Å². The van der Waals surface area contributed by atoms with Crippen molar-refractivity contribution < 1.29 is 9.53 Å². The number of hydrogen-bond acceptors (Lipinski definition) is 2. The number of unbranched alkanes of at least 4 members (excludes halogenated alkanes) is 1. The second kappa shape index (κ2) is 9.68. The summed E-state index contributed by atoms with van der Waals surface area (Å²) in [7, 11) is 0. The van der Waals surface area contributed by atoms with Crippen LogP contribution in [0.1, 0.15) is 28.8 Å². The van der Waals surface area contributed by atoms with E-state index in [-0.39, 0.29) is 5.78 Å². The number of ketones is 1. The number of hydrogen-bond donors (Lipinski definition) is 0. The quantitative estimate of drug-likeness (QED) is 0.222. The Hall–Kier alpha value is -1.39. The van der Waals surface area contributed by atoms with Crippen molar-refractivity contribution in [2.75, 3.05) is 11.9 Å². The van der Waals surface area contributed by atoms with Crippen LogP contribution in [-0.2, 0) is 0 Å². The Labute approximate surface area is 153 Å².